The molecule has 122 valence electrons. The molecule has 1 saturated heterocycles. The number of ether oxygens (including phenoxy) is 1. The number of carbonyl (C=O) groups is 1. The number of carbonyl (C=O) groups excluding carboxylic acids is 1. The highest BCUT2D eigenvalue weighted by Gasteiger charge is 2.19. The average Bonchev–Trinajstić information content (AvgIpc) is 2.76. The van der Waals surface area contributed by atoms with Crippen molar-refractivity contribution in [1.82, 2.24) is 10.2 Å². The van der Waals surface area contributed by atoms with Gasteiger partial charge in [-0.05, 0) is 37.5 Å². The van der Waals surface area contributed by atoms with E-state index >= 15 is 0 Å². The molecule has 0 aliphatic carbocycles. The lowest BCUT2D eigenvalue weighted by atomic mass is 10.2. The summed E-state index contributed by atoms with van der Waals surface area (Å²) in [6.07, 6.45) is 2.11. The fourth-order valence-electron chi connectivity index (χ4n) is 2.48. The minimum Gasteiger partial charge on any atom is -0.385 e. The second-order valence-corrected chi connectivity index (χ2v) is 5.76. The molecule has 5 nitrogen and oxygen atoms in total. The van der Waals surface area contributed by atoms with Crippen molar-refractivity contribution in [3.8, 4) is 0 Å². The van der Waals surface area contributed by atoms with Crippen LogP contribution in [0.15, 0.2) is 24.3 Å². The van der Waals surface area contributed by atoms with Gasteiger partial charge in [0, 0.05) is 38.5 Å². The van der Waals surface area contributed by atoms with Crippen molar-refractivity contribution in [2.75, 3.05) is 31.6 Å². The first kappa shape index (κ1) is 16.6. The van der Waals surface area contributed by atoms with E-state index in [1.54, 1.807) is 0 Å². The number of amides is 2. The summed E-state index contributed by atoms with van der Waals surface area (Å²) in [7, 11) is 0. The molecule has 0 spiro atoms. The molecule has 0 bridgehead atoms. The van der Waals surface area contributed by atoms with Crippen LogP contribution < -0.4 is 10.6 Å². The van der Waals surface area contributed by atoms with Gasteiger partial charge in [-0.15, -0.1) is 0 Å². The maximum absolute atomic E-state index is 12.2. The zero-order chi connectivity index (χ0) is 15.8. The Hall–Kier alpha value is -1.75. The number of nitrogens with zero attached hydrogens (tertiary/aromatic N) is 1. The van der Waals surface area contributed by atoms with Crippen LogP contribution in [0.5, 0.6) is 0 Å². The van der Waals surface area contributed by atoms with Crippen LogP contribution in [0.3, 0.4) is 0 Å². The number of hydrogen-bond acceptors (Lipinski definition) is 3. The van der Waals surface area contributed by atoms with Crippen molar-refractivity contribution >= 4 is 11.7 Å². The highest BCUT2D eigenvalue weighted by Crippen LogP contribution is 2.10. The van der Waals surface area contributed by atoms with Crippen molar-refractivity contribution in [3.63, 3.8) is 0 Å². The van der Waals surface area contributed by atoms with E-state index in [0.717, 1.165) is 43.8 Å². The van der Waals surface area contributed by atoms with Gasteiger partial charge in [-0.25, -0.2) is 4.79 Å². The Morgan fingerprint density at radius 1 is 1.36 bits per heavy atom. The lowest BCUT2D eigenvalue weighted by Gasteiger charge is -2.22. The Labute approximate surface area is 133 Å². The number of benzene rings is 1. The Morgan fingerprint density at radius 2 is 2.14 bits per heavy atom. The summed E-state index contributed by atoms with van der Waals surface area (Å²) < 4.78 is 5.56. The predicted octanol–water partition coefficient (Wildman–Crippen LogP) is 2.83. The van der Waals surface area contributed by atoms with Crippen LogP contribution >= 0.6 is 0 Å². The third-order valence-electron chi connectivity index (χ3n) is 3.72. The molecule has 1 fully saturated rings. The molecule has 5 heteroatoms. The van der Waals surface area contributed by atoms with Gasteiger partial charge in [-0.3, -0.25) is 0 Å². The third-order valence-corrected chi connectivity index (χ3v) is 3.72. The smallest absolute Gasteiger partial charge is 0.317 e. The molecule has 2 N–H and O–H groups in total. The number of anilines is 1. The second kappa shape index (κ2) is 8.63. The Balaban J connectivity index is 1.80. The molecule has 2 rings (SSSR count). The zero-order valence-electron chi connectivity index (χ0n) is 13.6. The van der Waals surface area contributed by atoms with Crippen molar-refractivity contribution in [2.24, 2.45) is 0 Å². The van der Waals surface area contributed by atoms with E-state index in [9.17, 15) is 4.79 Å². The average molecular weight is 305 g/mol. The van der Waals surface area contributed by atoms with Gasteiger partial charge in [0.2, 0.25) is 0 Å². The minimum absolute atomic E-state index is 0.00876. The summed E-state index contributed by atoms with van der Waals surface area (Å²) in [6.45, 7) is 7.84. The molecule has 1 atom stereocenters. The van der Waals surface area contributed by atoms with Crippen LogP contribution in [-0.4, -0.2) is 43.3 Å². The van der Waals surface area contributed by atoms with Gasteiger partial charge in [0.15, 0.2) is 0 Å². The van der Waals surface area contributed by atoms with Crippen molar-refractivity contribution in [2.45, 2.75) is 39.3 Å². The molecule has 1 aliphatic heterocycles. The number of rotatable bonds is 5. The predicted molar refractivity (Wildman–Crippen MR) is 89.1 cm³/mol. The minimum atomic E-state index is -0.00876. The summed E-state index contributed by atoms with van der Waals surface area (Å²) in [5, 5.41) is 6.33. The van der Waals surface area contributed by atoms with Crippen LogP contribution in [0.1, 0.15) is 32.3 Å². The van der Waals surface area contributed by atoms with Gasteiger partial charge in [-0.2, -0.15) is 0 Å². The zero-order valence-corrected chi connectivity index (χ0v) is 13.6. The molecular formula is C17H27N3O2. The maximum Gasteiger partial charge on any atom is 0.317 e. The highest BCUT2D eigenvalue weighted by atomic mass is 16.5. The van der Waals surface area contributed by atoms with Gasteiger partial charge in [0.25, 0.3) is 0 Å². The van der Waals surface area contributed by atoms with E-state index in [1.165, 1.54) is 0 Å². The van der Waals surface area contributed by atoms with Gasteiger partial charge >= 0.3 is 6.03 Å². The molecule has 22 heavy (non-hydrogen) atoms. The maximum atomic E-state index is 12.2. The summed E-state index contributed by atoms with van der Waals surface area (Å²) in [5.74, 6) is 0. The van der Waals surface area contributed by atoms with E-state index in [-0.39, 0.29) is 12.1 Å². The molecule has 0 radical (unpaired) electrons. The van der Waals surface area contributed by atoms with Crippen LogP contribution in [0.4, 0.5) is 10.5 Å². The first-order valence-corrected chi connectivity index (χ1v) is 8.16. The quantitative estimate of drug-likeness (QED) is 0.879. The SMILES string of the molecule is CCCNc1ccc(CNC(=O)N2CCCOC(C)C2)cc1. The molecule has 0 saturated carbocycles. The van der Waals surface area contributed by atoms with Crippen LogP contribution in [0, 0.1) is 0 Å². The van der Waals surface area contributed by atoms with Crippen molar-refractivity contribution < 1.29 is 9.53 Å². The third kappa shape index (κ3) is 5.22. The molecule has 1 unspecified atom stereocenters. The summed E-state index contributed by atoms with van der Waals surface area (Å²) in [6, 6.07) is 8.20. The molecule has 1 aromatic carbocycles. The molecule has 1 aliphatic rings. The van der Waals surface area contributed by atoms with Crippen molar-refractivity contribution in [3.05, 3.63) is 29.8 Å². The lowest BCUT2D eigenvalue weighted by molar-refractivity contribution is 0.0710. The standard InChI is InChI=1S/C17H27N3O2/c1-3-9-18-16-7-5-15(6-8-16)12-19-17(21)20-10-4-11-22-14(2)13-20/h5-8,14,18H,3-4,9-13H2,1-2H3,(H,19,21). The molecule has 2 amide bonds. The van der Waals surface area contributed by atoms with E-state index in [4.69, 9.17) is 4.74 Å². The Kier molecular flexibility index (Phi) is 6.52. The highest BCUT2D eigenvalue weighted by molar-refractivity contribution is 5.74. The van der Waals surface area contributed by atoms with Gasteiger partial charge in [0.05, 0.1) is 6.10 Å². The number of urea groups is 1. The van der Waals surface area contributed by atoms with Crippen LogP contribution in [-0.2, 0) is 11.3 Å². The number of nitrogens with one attached hydrogen (secondary N) is 2. The fraction of sp³-hybridized carbons (Fsp3) is 0.588. The van der Waals surface area contributed by atoms with E-state index in [1.807, 2.05) is 24.0 Å². The molecule has 0 aromatic heterocycles. The second-order valence-electron chi connectivity index (χ2n) is 5.76. The largest absolute Gasteiger partial charge is 0.385 e. The Bertz CT molecular complexity index is 461. The van der Waals surface area contributed by atoms with E-state index < -0.39 is 0 Å². The van der Waals surface area contributed by atoms with E-state index in [0.29, 0.717) is 13.1 Å². The van der Waals surface area contributed by atoms with Gasteiger partial charge in [-0.1, -0.05) is 19.1 Å². The summed E-state index contributed by atoms with van der Waals surface area (Å²) in [5.41, 5.74) is 2.23. The van der Waals surface area contributed by atoms with Crippen molar-refractivity contribution in [1.29, 1.82) is 0 Å². The Morgan fingerprint density at radius 3 is 2.86 bits per heavy atom. The lowest BCUT2D eigenvalue weighted by Crippen LogP contribution is -2.42. The molecule has 1 aromatic rings. The fourth-order valence-corrected chi connectivity index (χ4v) is 2.48. The monoisotopic (exact) mass is 305 g/mol. The van der Waals surface area contributed by atoms with Gasteiger partial charge < -0.3 is 20.3 Å². The normalized spacial score (nSPS) is 18.6. The topological polar surface area (TPSA) is 53.6 Å². The molecular weight excluding hydrogens is 278 g/mol. The summed E-state index contributed by atoms with van der Waals surface area (Å²) >= 11 is 0. The van der Waals surface area contributed by atoms with Crippen LogP contribution in [0.2, 0.25) is 0 Å². The first-order chi connectivity index (χ1) is 10.7. The van der Waals surface area contributed by atoms with E-state index in [2.05, 4.69) is 29.7 Å². The number of hydrogen-bond donors (Lipinski definition) is 2. The van der Waals surface area contributed by atoms with Crippen LogP contribution in [0.25, 0.3) is 0 Å². The summed E-state index contributed by atoms with van der Waals surface area (Å²) in [4.78, 5) is 14.1. The van der Waals surface area contributed by atoms with Gasteiger partial charge in [0.1, 0.15) is 0 Å². The molecule has 1 heterocycles. The first-order valence-electron chi connectivity index (χ1n) is 8.16.